The number of ether oxygens (including phenoxy) is 1. The highest BCUT2D eigenvalue weighted by molar-refractivity contribution is 5.91. The van der Waals surface area contributed by atoms with Crippen molar-refractivity contribution < 1.29 is 19.7 Å². The van der Waals surface area contributed by atoms with Crippen LogP contribution in [0.15, 0.2) is 35.5 Å². The molecule has 4 nitrogen and oxygen atoms in total. The van der Waals surface area contributed by atoms with Gasteiger partial charge >= 0.3 is 5.97 Å². The maximum Gasteiger partial charge on any atom is 0.334 e. The number of hydrogen-bond acceptors (Lipinski definition) is 4. The van der Waals surface area contributed by atoms with E-state index in [1.165, 1.54) is 0 Å². The summed E-state index contributed by atoms with van der Waals surface area (Å²) in [5.74, 6) is -0.847. The summed E-state index contributed by atoms with van der Waals surface area (Å²) in [4.78, 5) is 11.6. The lowest BCUT2D eigenvalue weighted by Gasteiger charge is -2.23. The quantitative estimate of drug-likeness (QED) is 0.395. The highest BCUT2D eigenvalue weighted by Gasteiger charge is 2.42. The molecule has 19 heavy (non-hydrogen) atoms. The Balaban J connectivity index is 2.36. The summed E-state index contributed by atoms with van der Waals surface area (Å²) in [5, 5.41) is 20.2. The summed E-state index contributed by atoms with van der Waals surface area (Å²) in [6, 6.07) is 0. The van der Waals surface area contributed by atoms with Gasteiger partial charge in [-0.25, -0.2) is 4.79 Å². The van der Waals surface area contributed by atoms with Gasteiger partial charge in [0.05, 0.1) is 18.1 Å². The molecule has 0 unspecified atom stereocenters. The second kappa shape index (κ2) is 5.31. The number of fused-ring (bicyclic) bond motifs is 1. The second-order valence-electron chi connectivity index (χ2n) is 5.49. The molecule has 0 bridgehead atoms. The molecule has 0 saturated carbocycles. The lowest BCUT2D eigenvalue weighted by molar-refractivity contribution is -0.137. The number of carbonyl (C=O) groups excluding carboxylic acids is 1. The molecular weight excluding hydrogens is 244 g/mol. The fourth-order valence-corrected chi connectivity index (χ4v) is 2.79. The number of hydrogen-bond donors (Lipinski definition) is 2. The van der Waals surface area contributed by atoms with Gasteiger partial charge in [0.25, 0.3) is 0 Å². The SMILES string of the molecule is C=C1C(=O)O[C@@H]2/C=C(\C)C[C@H](O)/C=C(\C)C[C@@H](O)[C@H]12. The minimum atomic E-state index is -0.727. The molecule has 2 aliphatic rings. The van der Waals surface area contributed by atoms with Crippen molar-refractivity contribution >= 4 is 5.97 Å². The zero-order chi connectivity index (χ0) is 14.2. The van der Waals surface area contributed by atoms with Crippen molar-refractivity contribution in [1.82, 2.24) is 0 Å². The monoisotopic (exact) mass is 264 g/mol. The normalized spacial score (nSPS) is 41.7. The zero-order valence-corrected chi connectivity index (χ0v) is 11.3. The molecule has 1 saturated heterocycles. The number of rotatable bonds is 0. The van der Waals surface area contributed by atoms with E-state index in [1.807, 2.05) is 19.9 Å². The van der Waals surface area contributed by atoms with E-state index in [0.29, 0.717) is 18.4 Å². The largest absolute Gasteiger partial charge is 0.454 e. The molecule has 0 aromatic carbocycles. The van der Waals surface area contributed by atoms with E-state index in [1.54, 1.807) is 6.08 Å². The van der Waals surface area contributed by atoms with Gasteiger partial charge in [0.2, 0.25) is 0 Å². The van der Waals surface area contributed by atoms with Crippen molar-refractivity contribution in [3.8, 4) is 0 Å². The Hall–Kier alpha value is -1.39. The highest BCUT2D eigenvalue weighted by atomic mass is 16.6. The molecule has 0 aromatic rings. The molecule has 4 heteroatoms. The van der Waals surface area contributed by atoms with E-state index in [0.717, 1.165) is 11.1 Å². The third kappa shape index (κ3) is 2.96. The lowest BCUT2D eigenvalue weighted by atomic mass is 9.85. The predicted molar refractivity (Wildman–Crippen MR) is 71.3 cm³/mol. The van der Waals surface area contributed by atoms with E-state index in [4.69, 9.17) is 4.74 Å². The van der Waals surface area contributed by atoms with Crippen LogP contribution in [0, 0.1) is 5.92 Å². The minimum absolute atomic E-state index is 0.329. The van der Waals surface area contributed by atoms with Crippen molar-refractivity contribution in [3.63, 3.8) is 0 Å². The molecule has 0 spiro atoms. The van der Waals surface area contributed by atoms with Crippen LogP contribution in [-0.4, -0.2) is 34.5 Å². The van der Waals surface area contributed by atoms with Gasteiger partial charge in [-0.2, -0.15) is 0 Å². The van der Waals surface area contributed by atoms with Crippen LogP contribution < -0.4 is 0 Å². The first-order chi connectivity index (χ1) is 8.88. The fraction of sp³-hybridized carbons (Fsp3) is 0.533. The molecule has 1 aliphatic heterocycles. The van der Waals surface area contributed by atoms with Gasteiger partial charge in [0.1, 0.15) is 6.10 Å². The van der Waals surface area contributed by atoms with Crippen LogP contribution >= 0.6 is 0 Å². The average molecular weight is 264 g/mol. The lowest BCUT2D eigenvalue weighted by Crippen LogP contribution is -2.29. The third-order valence-electron chi connectivity index (χ3n) is 3.66. The number of aliphatic hydroxyl groups excluding tert-OH is 2. The smallest absolute Gasteiger partial charge is 0.334 e. The van der Waals surface area contributed by atoms with Crippen molar-refractivity contribution in [1.29, 1.82) is 0 Å². The highest BCUT2D eigenvalue weighted by Crippen LogP contribution is 2.34. The summed E-state index contributed by atoms with van der Waals surface area (Å²) in [5.41, 5.74) is 2.17. The maximum absolute atomic E-state index is 11.6. The van der Waals surface area contributed by atoms with E-state index in [2.05, 4.69) is 6.58 Å². The van der Waals surface area contributed by atoms with Crippen molar-refractivity contribution in [2.24, 2.45) is 5.92 Å². The van der Waals surface area contributed by atoms with Gasteiger partial charge in [-0.3, -0.25) is 0 Å². The number of carbonyl (C=O) groups is 1. The van der Waals surface area contributed by atoms with Crippen molar-refractivity contribution in [3.05, 3.63) is 35.5 Å². The third-order valence-corrected chi connectivity index (χ3v) is 3.66. The molecule has 4 atom stereocenters. The van der Waals surface area contributed by atoms with Gasteiger partial charge in [-0.1, -0.05) is 23.8 Å². The Morgan fingerprint density at radius 1 is 1.21 bits per heavy atom. The number of esters is 1. The molecule has 104 valence electrons. The Morgan fingerprint density at radius 2 is 1.84 bits per heavy atom. The minimum Gasteiger partial charge on any atom is -0.454 e. The molecular formula is C15H20O4. The molecule has 1 heterocycles. The van der Waals surface area contributed by atoms with Crippen LogP contribution in [0.2, 0.25) is 0 Å². The van der Waals surface area contributed by atoms with E-state index < -0.39 is 30.2 Å². The van der Waals surface area contributed by atoms with Crippen molar-refractivity contribution in [2.75, 3.05) is 0 Å². The molecule has 2 N–H and O–H groups in total. The molecule has 1 aliphatic carbocycles. The van der Waals surface area contributed by atoms with Crippen LogP contribution in [0.25, 0.3) is 0 Å². The van der Waals surface area contributed by atoms with Gasteiger partial charge in [0, 0.05) is 5.57 Å². The summed E-state index contributed by atoms with van der Waals surface area (Å²) < 4.78 is 5.24. The van der Waals surface area contributed by atoms with Gasteiger partial charge < -0.3 is 14.9 Å². The van der Waals surface area contributed by atoms with Gasteiger partial charge in [-0.05, 0) is 32.8 Å². The van der Waals surface area contributed by atoms with Crippen LogP contribution in [0.4, 0.5) is 0 Å². The van der Waals surface area contributed by atoms with Gasteiger partial charge in [-0.15, -0.1) is 0 Å². The Bertz CT molecular complexity index is 461. The first kappa shape index (κ1) is 14.0. The van der Waals surface area contributed by atoms with E-state index in [-0.39, 0.29) is 0 Å². The average Bonchev–Trinajstić information content (AvgIpc) is 2.52. The van der Waals surface area contributed by atoms with Crippen LogP contribution in [-0.2, 0) is 9.53 Å². The molecule has 2 rings (SSSR count). The predicted octanol–water partition coefficient (Wildman–Crippen LogP) is 1.49. The summed E-state index contributed by atoms with van der Waals surface area (Å²) in [7, 11) is 0. The molecule has 0 radical (unpaired) electrons. The van der Waals surface area contributed by atoms with Crippen LogP contribution in [0.5, 0.6) is 0 Å². The fourth-order valence-electron chi connectivity index (χ4n) is 2.79. The summed E-state index contributed by atoms with van der Waals surface area (Å²) in [6.45, 7) is 7.47. The summed E-state index contributed by atoms with van der Waals surface area (Å²) in [6.07, 6.45) is 2.69. The van der Waals surface area contributed by atoms with Crippen LogP contribution in [0.3, 0.4) is 0 Å². The Morgan fingerprint density at radius 3 is 2.53 bits per heavy atom. The van der Waals surface area contributed by atoms with E-state index in [9.17, 15) is 15.0 Å². The van der Waals surface area contributed by atoms with E-state index >= 15 is 0 Å². The Kier molecular flexibility index (Phi) is 3.92. The molecule has 0 amide bonds. The first-order valence-electron chi connectivity index (χ1n) is 6.49. The summed E-state index contributed by atoms with van der Waals surface area (Å²) >= 11 is 0. The zero-order valence-electron chi connectivity index (χ0n) is 11.3. The Labute approximate surface area is 113 Å². The van der Waals surface area contributed by atoms with Crippen molar-refractivity contribution in [2.45, 2.75) is 45.0 Å². The maximum atomic E-state index is 11.6. The molecule has 1 fully saturated rings. The second-order valence-corrected chi connectivity index (χ2v) is 5.49. The standard InChI is InChI=1S/C15H20O4/c1-8-4-11(16)5-9(2)7-13-14(12(17)6-8)10(3)15(18)19-13/h4,7,11-14,16-17H,3,5-6H2,1-2H3/b8-4+,9-7+/t11-,12-,13-,14+/m1/s1. The molecule has 0 aromatic heterocycles. The van der Waals surface area contributed by atoms with Crippen LogP contribution in [0.1, 0.15) is 26.7 Å². The first-order valence-corrected chi connectivity index (χ1v) is 6.49. The number of aliphatic hydroxyl groups is 2. The topological polar surface area (TPSA) is 66.8 Å². The van der Waals surface area contributed by atoms with Gasteiger partial charge in [0.15, 0.2) is 0 Å².